The molecule has 11 nitrogen and oxygen atoms in total. The van der Waals surface area contributed by atoms with Crippen LogP contribution in [0.15, 0.2) is 47.4 Å². The predicted molar refractivity (Wildman–Crippen MR) is 116 cm³/mol. The molecule has 4 N–H and O–H groups in total. The van der Waals surface area contributed by atoms with E-state index in [0.717, 1.165) is 24.5 Å². The van der Waals surface area contributed by atoms with Gasteiger partial charge in [-0.25, -0.2) is 9.88 Å². The average Bonchev–Trinajstić information content (AvgIpc) is 3.00. The molecular weight excluding hydrogens is 477 g/mol. The molecule has 1 unspecified atom stereocenters. The van der Waals surface area contributed by atoms with Crippen LogP contribution in [0.4, 0.5) is 14.6 Å². The van der Waals surface area contributed by atoms with Gasteiger partial charge >= 0.3 is 17.6 Å². The Kier molecular flexibility index (Phi) is 7.84. The second-order valence-corrected chi connectivity index (χ2v) is 9.98. The smallest absolute Gasteiger partial charge is 0.351 e. The van der Waals surface area contributed by atoms with Gasteiger partial charge in [-0.05, 0) is 18.6 Å². The van der Waals surface area contributed by atoms with E-state index >= 15 is 0 Å². The lowest BCUT2D eigenvalue weighted by molar-refractivity contribution is -0.146. The summed E-state index contributed by atoms with van der Waals surface area (Å²) in [7, 11) is -3.71. The molecule has 1 fully saturated rings. The number of nitrogens with one attached hydrogen (secondary N) is 1. The molecule has 0 saturated carbocycles. The number of nitrogens with zero attached hydrogens (tertiary/aromatic N) is 2. The SMILES string of the molecule is C[C@H](N[P@@](C)(=O)OC[C@H]1O[C@@H](n2ccc(N)nc2=O)C(F)(F)C1O)C(=O)OCc1ccccc1. The van der Waals surface area contributed by atoms with Crippen LogP contribution in [0.25, 0.3) is 0 Å². The Morgan fingerprint density at radius 1 is 1.38 bits per heavy atom. The Morgan fingerprint density at radius 2 is 2.06 bits per heavy atom. The number of ether oxygens (including phenoxy) is 2. The van der Waals surface area contributed by atoms with E-state index in [0.29, 0.717) is 4.57 Å². The van der Waals surface area contributed by atoms with Crippen molar-refractivity contribution in [2.45, 2.75) is 43.9 Å². The van der Waals surface area contributed by atoms with Gasteiger partial charge in [-0.3, -0.25) is 13.9 Å². The first-order chi connectivity index (χ1) is 15.9. The molecule has 5 atom stereocenters. The lowest BCUT2D eigenvalue weighted by Crippen LogP contribution is -2.42. The van der Waals surface area contributed by atoms with E-state index < -0.39 is 56.2 Å². The Morgan fingerprint density at radius 3 is 2.71 bits per heavy atom. The van der Waals surface area contributed by atoms with Crippen LogP contribution in [0, 0.1) is 0 Å². The number of halogens is 2. The van der Waals surface area contributed by atoms with Crippen LogP contribution >= 0.6 is 7.52 Å². The number of carbonyl (C=O) groups is 1. The molecule has 1 saturated heterocycles. The Labute approximate surface area is 193 Å². The summed E-state index contributed by atoms with van der Waals surface area (Å²) >= 11 is 0. The summed E-state index contributed by atoms with van der Waals surface area (Å²) in [4.78, 5) is 27.5. The van der Waals surface area contributed by atoms with Gasteiger partial charge in [0.2, 0.25) is 6.23 Å². The van der Waals surface area contributed by atoms with E-state index in [9.17, 15) is 28.0 Å². The first-order valence-corrected chi connectivity index (χ1v) is 12.2. The number of aliphatic hydroxyl groups is 1. The monoisotopic (exact) mass is 502 g/mol. The van der Waals surface area contributed by atoms with Gasteiger partial charge in [0, 0.05) is 12.9 Å². The quantitative estimate of drug-likeness (QED) is 0.337. The minimum Gasteiger partial charge on any atom is -0.460 e. The summed E-state index contributed by atoms with van der Waals surface area (Å²) in [5, 5.41) is 12.5. The number of hydrogen-bond acceptors (Lipinski definition) is 9. The minimum atomic E-state index is -3.88. The number of aromatic nitrogens is 2. The zero-order valence-electron chi connectivity index (χ0n) is 18.3. The molecule has 0 bridgehead atoms. The molecule has 1 aliphatic rings. The second kappa shape index (κ2) is 10.3. The highest BCUT2D eigenvalue weighted by molar-refractivity contribution is 7.56. The molecule has 3 rings (SSSR count). The lowest BCUT2D eigenvalue weighted by Gasteiger charge is -2.22. The molecule has 2 heterocycles. The number of rotatable bonds is 9. The van der Waals surface area contributed by atoms with Crippen LogP contribution in [0.1, 0.15) is 18.7 Å². The van der Waals surface area contributed by atoms with Crippen LogP contribution in [0.2, 0.25) is 0 Å². The van der Waals surface area contributed by atoms with Crippen molar-refractivity contribution in [3.63, 3.8) is 0 Å². The van der Waals surface area contributed by atoms with Crippen LogP contribution in [0.5, 0.6) is 0 Å². The summed E-state index contributed by atoms with van der Waals surface area (Å²) in [5.74, 6) is -4.75. The van der Waals surface area contributed by atoms with Gasteiger partial charge in [0.25, 0.3) is 7.52 Å². The summed E-state index contributed by atoms with van der Waals surface area (Å²) in [6, 6.07) is 9.00. The summed E-state index contributed by atoms with van der Waals surface area (Å²) in [6.07, 6.45) is -5.20. The zero-order chi connectivity index (χ0) is 25.1. The third-order valence-electron chi connectivity index (χ3n) is 4.97. The fraction of sp³-hybridized carbons (Fsp3) is 0.450. The number of anilines is 1. The number of benzene rings is 1. The average molecular weight is 502 g/mol. The van der Waals surface area contributed by atoms with Crippen LogP contribution < -0.4 is 16.5 Å². The van der Waals surface area contributed by atoms with Gasteiger partial charge in [-0.2, -0.15) is 13.8 Å². The van der Waals surface area contributed by atoms with Gasteiger partial charge in [-0.15, -0.1) is 0 Å². The van der Waals surface area contributed by atoms with Crippen molar-refractivity contribution in [1.29, 1.82) is 0 Å². The number of hydrogen-bond donors (Lipinski definition) is 3. The number of aliphatic hydroxyl groups excluding tert-OH is 1. The second-order valence-electron chi connectivity index (χ2n) is 7.77. The number of nitrogen functional groups attached to an aromatic ring is 1. The summed E-state index contributed by atoms with van der Waals surface area (Å²) in [5.41, 5.74) is 5.03. The Bertz CT molecular complexity index is 1120. The molecule has 1 aromatic carbocycles. The van der Waals surface area contributed by atoms with Crippen molar-refractivity contribution in [2.24, 2.45) is 0 Å². The molecule has 0 spiro atoms. The molecule has 2 aromatic rings. The summed E-state index contributed by atoms with van der Waals surface area (Å²) < 4.78 is 57.9. The van der Waals surface area contributed by atoms with Crippen molar-refractivity contribution >= 4 is 19.3 Å². The molecular formula is C20H25F2N4O7P. The highest BCUT2D eigenvalue weighted by atomic mass is 31.2. The molecule has 34 heavy (non-hydrogen) atoms. The molecule has 0 amide bonds. The number of carbonyl (C=O) groups excluding carboxylic acids is 1. The number of nitrogens with two attached hydrogens (primary N) is 1. The molecule has 1 aromatic heterocycles. The first kappa shape index (κ1) is 25.9. The van der Waals surface area contributed by atoms with E-state index in [2.05, 4.69) is 10.1 Å². The molecule has 14 heteroatoms. The van der Waals surface area contributed by atoms with Gasteiger partial charge in [0.1, 0.15) is 24.6 Å². The lowest BCUT2D eigenvalue weighted by atomic mass is 10.1. The van der Waals surface area contributed by atoms with E-state index in [1.54, 1.807) is 24.3 Å². The topological polar surface area (TPSA) is 155 Å². The van der Waals surface area contributed by atoms with Crippen molar-refractivity contribution < 1.29 is 37.2 Å². The van der Waals surface area contributed by atoms with Gasteiger partial charge in [-0.1, -0.05) is 30.3 Å². The fourth-order valence-corrected chi connectivity index (χ4v) is 4.54. The Hall–Kier alpha value is -2.70. The zero-order valence-corrected chi connectivity index (χ0v) is 19.2. The normalized spacial score (nSPS) is 24.3. The van der Waals surface area contributed by atoms with E-state index in [1.807, 2.05) is 6.07 Å². The first-order valence-electron chi connectivity index (χ1n) is 10.2. The fourth-order valence-electron chi connectivity index (χ4n) is 3.22. The molecule has 186 valence electrons. The maximum Gasteiger partial charge on any atom is 0.351 e. The highest BCUT2D eigenvalue weighted by Gasteiger charge is 2.60. The molecule has 1 aliphatic heterocycles. The minimum absolute atomic E-state index is 0.0124. The largest absolute Gasteiger partial charge is 0.460 e. The van der Waals surface area contributed by atoms with Crippen LogP contribution in [0.3, 0.4) is 0 Å². The Balaban J connectivity index is 1.57. The van der Waals surface area contributed by atoms with E-state index in [1.165, 1.54) is 6.92 Å². The van der Waals surface area contributed by atoms with Gasteiger partial charge < -0.3 is 24.8 Å². The predicted octanol–water partition coefficient (Wildman–Crippen LogP) is 1.28. The van der Waals surface area contributed by atoms with Crippen molar-refractivity contribution in [1.82, 2.24) is 14.6 Å². The van der Waals surface area contributed by atoms with Gasteiger partial charge in [0.15, 0.2) is 6.10 Å². The maximum atomic E-state index is 14.6. The van der Waals surface area contributed by atoms with Crippen LogP contribution in [-0.4, -0.2) is 58.1 Å². The summed E-state index contributed by atoms with van der Waals surface area (Å²) in [6.45, 7) is 1.84. The molecule has 0 aliphatic carbocycles. The number of alkyl halides is 2. The van der Waals surface area contributed by atoms with E-state index in [-0.39, 0.29) is 12.4 Å². The molecule has 0 radical (unpaired) electrons. The van der Waals surface area contributed by atoms with Crippen molar-refractivity contribution in [2.75, 3.05) is 19.0 Å². The number of esters is 1. The van der Waals surface area contributed by atoms with Crippen molar-refractivity contribution in [3.8, 4) is 0 Å². The third-order valence-corrected chi connectivity index (χ3v) is 6.47. The van der Waals surface area contributed by atoms with Gasteiger partial charge in [0.05, 0.1) is 6.61 Å². The van der Waals surface area contributed by atoms with Crippen molar-refractivity contribution in [3.05, 3.63) is 58.6 Å². The van der Waals surface area contributed by atoms with Crippen LogP contribution in [-0.2, 0) is 30.0 Å². The highest BCUT2D eigenvalue weighted by Crippen LogP contribution is 2.45. The van der Waals surface area contributed by atoms with E-state index in [4.69, 9.17) is 19.7 Å². The third kappa shape index (κ3) is 6.05. The standard InChI is InChI=1S/C20H25F2N4O7P/c1-12(17(28)31-10-13-6-4-3-5-7-13)25-34(2,30)32-11-14-16(27)20(21,22)18(33-14)26-9-8-15(23)24-19(26)29/h3-9,12,14,16,18,27H,10-11H2,1-2H3,(H,25,30)(H2,23,24,29)/t12-,14+,16?,18+,34-/m0/s1. The maximum absolute atomic E-state index is 14.6.